The maximum Gasteiger partial charge on any atom is 0.166 e. The molecule has 2 atom stereocenters. The highest BCUT2D eigenvalue weighted by atomic mass is 35.5. The smallest absolute Gasteiger partial charge is 0.166 e. The van der Waals surface area contributed by atoms with Crippen LogP contribution in [0.15, 0.2) is 41.6 Å². The van der Waals surface area contributed by atoms with Gasteiger partial charge in [-0.2, -0.15) is 0 Å². The average molecular weight is 460 g/mol. The number of aromatic nitrogens is 2. The summed E-state index contributed by atoms with van der Waals surface area (Å²) >= 11 is 13.4. The summed E-state index contributed by atoms with van der Waals surface area (Å²) in [4.78, 5) is 7.56. The third-order valence-corrected chi connectivity index (χ3v) is 5.95. The molecule has 0 spiro atoms. The fourth-order valence-corrected chi connectivity index (χ4v) is 4.08. The van der Waals surface area contributed by atoms with Gasteiger partial charge in [-0.15, -0.1) is 0 Å². The van der Waals surface area contributed by atoms with Gasteiger partial charge in [-0.25, -0.2) is 9.19 Å². The minimum absolute atomic E-state index is 0.136. The topological polar surface area (TPSA) is 87.2 Å². The number of aromatic amines is 1. The number of halogens is 2. The molecule has 1 aromatic heterocycles. The summed E-state index contributed by atoms with van der Waals surface area (Å²) < 4.78 is 20.0. The summed E-state index contributed by atoms with van der Waals surface area (Å²) in [6.07, 6.45) is 0.841. The monoisotopic (exact) mass is 459 g/mol. The minimum atomic E-state index is -2.32. The molecule has 0 aliphatic rings. The lowest BCUT2D eigenvalue weighted by atomic mass is 10.3. The van der Waals surface area contributed by atoms with Crippen molar-refractivity contribution in [2.45, 2.75) is 11.3 Å². The van der Waals surface area contributed by atoms with E-state index in [9.17, 15) is 9.32 Å². The number of hydrogen-bond acceptors (Lipinski definition) is 5. The first-order valence-corrected chi connectivity index (χ1v) is 12.1. The van der Waals surface area contributed by atoms with Crippen LogP contribution in [-0.4, -0.2) is 49.9 Å². The molecule has 3 N–H and O–H groups in total. The molecule has 6 nitrogen and oxygen atoms in total. The van der Waals surface area contributed by atoms with E-state index < -0.39 is 15.8 Å². The number of rotatable bonds is 8. The summed E-state index contributed by atoms with van der Waals surface area (Å²) in [5.74, 6) is 4.55. The molecule has 28 heavy (non-hydrogen) atoms. The van der Waals surface area contributed by atoms with Gasteiger partial charge >= 0.3 is 0 Å². The summed E-state index contributed by atoms with van der Waals surface area (Å²) in [6.45, 7) is 0.136. The Morgan fingerprint density at radius 3 is 2.68 bits per heavy atom. The van der Waals surface area contributed by atoms with Crippen molar-refractivity contribution in [2.24, 2.45) is 0 Å². The maximum atomic E-state index is 11.6. The van der Waals surface area contributed by atoms with Gasteiger partial charge in [0.1, 0.15) is 12.4 Å². The molecule has 0 saturated heterocycles. The average Bonchev–Trinajstić information content (AvgIpc) is 3.00. The van der Waals surface area contributed by atoms with Gasteiger partial charge in [0.05, 0.1) is 27.2 Å². The molecule has 3 aromatic rings. The molecule has 1 unspecified atom stereocenters. The van der Waals surface area contributed by atoms with Crippen LogP contribution in [-0.2, 0) is 9.71 Å². The van der Waals surface area contributed by atoms with Crippen LogP contribution in [0.5, 0.6) is 5.75 Å². The van der Waals surface area contributed by atoms with Crippen molar-refractivity contribution in [3.05, 3.63) is 46.4 Å². The van der Waals surface area contributed by atoms with Crippen molar-refractivity contribution in [1.29, 1.82) is 0 Å². The molecule has 0 bridgehead atoms. The van der Waals surface area contributed by atoms with Gasteiger partial charge in [-0.3, -0.25) is 0 Å². The molecule has 0 aliphatic heterocycles. The lowest BCUT2D eigenvalue weighted by Crippen LogP contribution is -2.20. The van der Waals surface area contributed by atoms with Crippen molar-refractivity contribution < 1.29 is 14.1 Å². The third-order valence-electron chi connectivity index (χ3n) is 3.55. The molecule has 0 fully saturated rings. The number of aliphatic hydroxyl groups is 1. The molecule has 10 heteroatoms. The highest BCUT2D eigenvalue weighted by molar-refractivity contribution is 8.00. The normalized spacial score (nSPS) is 14.6. The maximum absolute atomic E-state index is 11.6. The van der Waals surface area contributed by atoms with Crippen molar-refractivity contribution in [3.8, 4) is 5.75 Å². The van der Waals surface area contributed by atoms with E-state index in [0.717, 1.165) is 11.0 Å². The molecule has 0 aliphatic carbocycles. The number of fused-ring (bicyclic) bond motifs is 1. The molecule has 0 amide bonds. The van der Waals surface area contributed by atoms with E-state index in [1.54, 1.807) is 36.4 Å². The van der Waals surface area contributed by atoms with Crippen LogP contribution in [0.4, 0.5) is 5.69 Å². The number of aliphatic hydroxyl groups excluding tert-OH is 1. The van der Waals surface area contributed by atoms with Crippen LogP contribution < -0.4 is 9.46 Å². The lowest BCUT2D eigenvalue weighted by Gasteiger charge is -2.12. The fourth-order valence-electron chi connectivity index (χ4n) is 2.33. The summed E-state index contributed by atoms with van der Waals surface area (Å²) in [5.41, 5.74) is 2.19. The Labute approximate surface area is 177 Å². The molecule has 1 heterocycles. The Kier molecular flexibility index (Phi) is 6.67. The van der Waals surface area contributed by atoms with Gasteiger partial charge in [0.15, 0.2) is 5.16 Å². The molecular formula is C18H19Cl2N3O3S2. The number of benzene rings is 2. The summed E-state index contributed by atoms with van der Waals surface area (Å²) in [5, 5.41) is 11.7. The van der Waals surface area contributed by atoms with Gasteiger partial charge in [0.25, 0.3) is 0 Å². The predicted molar refractivity (Wildman–Crippen MR) is 120 cm³/mol. The van der Waals surface area contributed by atoms with E-state index in [1.165, 1.54) is 18.0 Å². The number of H-pyrrole nitrogens is 1. The number of imidazole rings is 1. The van der Waals surface area contributed by atoms with Crippen LogP contribution >= 0.6 is 35.0 Å². The first-order chi connectivity index (χ1) is 13.2. The zero-order chi connectivity index (χ0) is 20.3. The second-order valence-corrected chi connectivity index (χ2v) is 10.3. The molecule has 2 aromatic carbocycles. The highest BCUT2D eigenvalue weighted by Crippen LogP contribution is 2.28. The predicted octanol–water partition coefficient (Wildman–Crippen LogP) is 4.07. The fraction of sp³-hybridized carbons (Fsp3) is 0.222. The van der Waals surface area contributed by atoms with Crippen molar-refractivity contribution in [2.75, 3.05) is 23.3 Å². The van der Waals surface area contributed by atoms with Crippen LogP contribution in [0.2, 0.25) is 10.0 Å². The van der Waals surface area contributed by atoms with E-state index in [1.807, 2.05) is 0 Å². The lowest BCUT2D eigenvalue weighted by molar-refractivity contribution is 0.126. The Balaban J connectivity index is 1.50. The zero-order valence-electron chi connectivity index (χ0n) is 14.9. The van der Waals surface area contributed by atoms with Gasteiger partial charge in [0.2, 0.25) is 0 Å². The SMILES string of the molecule is C=S(C)(=O)Nc1ccc(OC[C@H](O)CSc2nc3cc(Cl)c(Cl)cc3[nH]2)cc1. The Morgan fingerprint density at radius 1 is 1.32 bits per heavy atom. The van der Waals surface area contributed by atoms with Gasteiger partial charge in [-0.05, 0) is 42.3 Å². The molecule has 150 valence electrons. The van der Waals surface area contributed by atoms with Crippen molar-refractivity contribution >= 4 is 67.3 Å². The van der Waals surface area contributed by atoms with E-state index in [0.29, 0.717) is 32.4 Å². The van der Waals surface area contributed by atoms with E-state index in [4.69, 9.17) is 27.9 Å². The summed E-state index contributed by atoms with van der Waals surface area (Å²) in [7, 11) is -2.32. The minimum Gasteiger partial charge on any atom is -0.491 e. The number of anilines is 1. The Hall–Kier alpha value is -1.58. The quantitative estimate of drug-likeness (QED) is 0.349. The first-order valence-electron chi connectivity index (χ1n) is 8.18. The van der Waals surface area contributed by atoms with E-state index >= 15 is 0 Å². The molecular weight excluding hydrogens is 441 g/mol. The van der Waals surface area contributed by atoms with Gasteiger partial charge in [0, 0.05) is 27.4 Å². The number of nitrogens with zero attached hydrogens (tertiary/aromatic N) is 1. The molecule has 3 rings (SSSR count). The summed E-state index contributed by atoms with van der Waals surface area (Å²) in [6, 6.07) is 10.4. The van der Waals surface area contributed by atoms with Crippen LogP contribution in [0.1, 0.15) is 0 Å². The van der Waals surface area contributed by atoms with E-state index in [-0.39, 0.29) is 6.61 Å². The Bertz CT molecular complexity index is 1030. The van der Waals surface area contributed by atoms with Gasteiger partial charge < -0.3 is 19.5 Å². The third kappa shape index (κ3) is 5.96. The number of thioether (sulfide) groups is 1. The van der Waals surface area contributed by atoms with E-state index in [2.05, 4.69) is 20.6 Å². The van der Waals surface area contributed by atoms with Crippen LogP contribution in [0.3, 0.4) is 0 Å². The second-order valence-electron chi connectivity index (χ2n) is 6.23. The molecule has 0 saturated carbocycles. The van der Waals surface area contributed by atoms with Crippen LogP contribution in [0, 0.1) is 0 Å². The number of nitrogens with one attached hydrogen (secondary N) is 2. The number of ether oxygens (including phenoxy) is 1. The largest absolute Gasteiger partial charge is 0.491 e. The number of hydrogen-bond donors (Lipinski definition) is 3. The zero-order valence-corrected chi connectivity index (χ0v) is 18.1. The molecule has 0 radical (unpaired) electrons. The van der Waals surface area contributed by atoms with Gasteiger partial charge in [-0.1, -0.05) is 35.0 Å². The second kappa shape index (κ2) is 8.84. The van der Waals surface area contributed by atoms with Crippen molar-refractivity contribution in [1.82, 2.24) is 9.97 Å². The standard InChI is InChI=1S/C18H19Cl2N3O3S2/c1-28(2,25)23-11-3-5-13(6-4-11)26-9-12(24)10-27-18-21-16-7-14(19)15(20)8-17(16)22-18/h3-8,12,24H,1,9-10H2,2H3,(H,21,22)(H,23,25)/t12-,28?/m0/s1. The van der Waals surface area contributed by atoms with Crippen molar-refractivity contribution in [3.63, 3.8) is 0 Å². The highest BCUT2D eigenvalue weighted by Gasteiger charge is 2.11. The Morgan fingerprint density at radius 2 is 2.00 bits per heavy atom. The first kappa shape index (κ1) is 21.1. The van der Waals surface area contributed by atoms with Crippen LogP contribution in [0.25, 0.3) is 11.0 Å².